The van der Waals surface area contributed by atoms with Crippen LogP contribution in [0.4, 0.5) is 0 Å². The van der Waals surface area contributed by atoms with Gasteiger partial charge in [0.2, 0.25) is 5.89 Å². The number of aromatic nitrogens is 3. The molecule has 0 radical (unpaired) electrons. The van der Waals surface area contributed by atoms with E-state index in [9.17, 15) is 4.79 Å². The molecule has 0 atom stereocenters. The third-order valence-electron chi connectivity index (χ3n) is 3.74. The zero-order chi connectivity index (χ0) is 15.7. The quantitative estimate of drug-likeness (QED) is 0.567. The van der Waals surface area contributed by atoms with Crippen molar-refractivity contribution in [2.75, 3.05) is 12.0 Å². The van der Waals surface area contributed by atoms with Crippen molar-refractivity contribution in [2.45, 2.75) is 43.7 Å². The number of ketones is 1. The summed E-state index contributed by atoms with van der Waals surface area (Å²) >= 11 is 2.94. The molecule has 0 bridgehead atoms. The van der Waals surface area contributed by atoms with E-state index in [2.05, 4.69) is 21.7 Å². The smallest absolute Gasteiger partial charge is 0.277 e. The standard InChI is InChI=1S/C15H19N3O2S2/c1-9-6-12(10(2)18(9)11-4-5-11)13(19)7-22-15-17-16-14(20-15)8-21-3/h6,11H,4-5,7-8H2,1-3H3. The summed E-state index contributed by atoms with van der Waals surface area (Å²) in [5.41, 5.74) is 3.08. The zero-order valence-electron chi connectivity index (χ0n) is 13.0. The van der Waals surface area contributed by atoms with E-state index >= 15 is 0 Å². The van der Waals surface area contributed by atoms with E-state index in [1.807, 2.05) is 19.2 Å². The maximum Gasteiger partial charge on any atom is 0.277 e. The number of aryl methyl sites for hydroxylation is 1. The lowest BCUT2D eigenvalue weighted by atomic mass is 10.2. The highest BCUT2D eigenvalue weighted by Crippen LogP contribution is 2.38. The summed E-state index contributed by atoms with van der Waals surface area (Å²) < 4.78 is 7.77. The molecule has 0 aliphatic heterocycles. The van der Waals surface area contributed by atoms with Crippen molar-refractivity contribution in [1.82, 2.24) is 14.8 Å². The SMILES string of the molecule is CSCc1nnc(SCC(=O)c2cc(C)n(C3CC3)c2C)o1. The fraction of sp³-hybridized carbons (Fsp3) is 0.533. The van der Waals surface area contributed by atoms with Gasteiger partial charge in [-0.15, -0.1) is 10.2 Å². The first-order chi connectivity index (χ1) is 10.6. The van der Waals surface area contributed by atoms with Gasteiger partial charge in [0.05, 0.1) is 11.5 Å². The van der Waals surface area contributed by atoms with E-state index in [1.165, 1.54) is 30.3 Å². The van der Waals surface area contributed by atoms with Gasteiger partial charge in [0.1, 0.15) is 0 Å². The van der Waals surface area contributed by atoms with Gasteiger partial charge in [-0.2, -0.15) is 11.8 Å². The first kappa shape index (κ1) is 15.7. The lowest BCUT2D eigenvalue weighted by Gasteiger charge is -2.07. The molecule has 22 heavy (non-hydrogen) atoms. The van der Waals surface area contributed by atoms with E-state index in [-0.39, 0.29) is 5.78 Å². The van der Waals surface area contributed by atoms with Gasteiger partial charge in [0.15, 0.2) is 5.78 Å². The van der Waals surface area contributed by atoms with E-state index < -0.39 is 0 Å². The van der Waals surface area contributed by atoms with Gasteiger partial charge in [-0.05, 0) is 39.0 Å². The van der Waals surface area contributed by atoms with Crippen LogP contribution in [0.5, 0.6) is 0 Å². The van der Waals surface area contributed by atoms with Gasteiger partial charge in [0.25, 0.3) is 5.22 Å². The number of carbonyl (C=O) groups excluding carboxylic acids is 1. The number of hydrogen-bond acceptors (Lipinski definition) is 6. The molecule has 0 amide bonds. The molecule has 1 aliphatic rings. The molecule has 0 spiro atoms. The molecule has 2 heterocycles. The summed E-state index contributed by atoms with van der Waals surface area (Å²) in [5, 5.41) is 8.38. The number of hydrogen-bond donors (Lipinski definition) is 0. The number of nitrogens with zero attached hydrogens (tertiary/aromatic N) is 3. The molecule has 0 unspecified atom stereocenters. The van der Waals surface area contributed by atoms with E-state index in [0.717, 1.165) is 11.3 Å². The molecule has 3 rings (SSSR count). The van der Waals surface area contributed by atoms with Gasteiger partial charge in [-0.3, -0.25) is 4.79 Å². The van der Waals surface area contributed by atoms with Crippen LogP contribution in [0.1, 0.15) is 46.5 Å². The Balaban J connectivity index is 1.65. The lowest BCUT2D eigenvalue weighted by Crippen LogP contribution is -2.05. The van der Waals surface area contributed by atoms with Crippen molar-refractivity contribution >= 4 is 29.3 Å². The second kappa shape index (κ2) is 6.50. The molecule has 0 saturated heterocycles. The number of carbonyl (C=O) groups is 1. The second-order valence-corrected chi connectivity index (χ2v) is 7.29. The van der Waals surface area contributed by atoms with Crippen molar-refractivity contribution in [3.05, 3.63) is 28.9 Å². The molecule has 1 saturated carbocycles. The Morgan fingerprint density at radius 2 is 2.18 bits per heavy atom. The summed E-state index contributed by atoms with van der Waals surface area (Å²) in [6.07, 6.45) is 4.42. The molecule has 2 aromatic heterocycles. The fourth-order valence-corrected chi connectivity index (χ4v) is 3.66. The first-order valence-electron chi connectivity index (χ1n) is 7.26. The van der Waals surface area contributed by atoms with E-state index in [4.69, 9.17) is 4.42 Å². The Labute approximate surface area is 138 Å². The molecular formula is C15H19N3O2S2. The minimum atomic E-state index is 0.120. The highest BCUT2D eigenvalue weighted by atomic mass is 32.2. The summed E-state index contributed by atoms with van der Waals surface area (Å²) in [6, 6.07) is 2.60. The third kappa shape index (κ3) is 3.25. The van der Waals surface area contributed by atoms with Crippen molar-refractivity contribution in [1.29, 1.82) is 0 Å². The van der Waals surface area contributed by atoms with Crippen molar-refractivity contribution in [3.63, 3.8) is 0 Å². The topological polar surface area (TPSA) is 60.9 Å². The van der Waals surface area contributed by atoms with Crippen LogP contribution in [0, 0.1) is 13.8 Å². The average molecular weight is 337 g/mol. The zero-order valence-corrected chi connectivity index (χ0v) is 14.6. The maximum absolute atomic E-state index is 12.5. The van der Waals surface area contributed by atoms with Gasteiger partial charge in [-0.1, -0.05) is 11.8 Å². The highest BCUT2D eigenvalue weighted by Gasteiger charge is 2.28. The Bertz CT molecular complexity index is 689. The van der Waals surface area contributed by atoms with Crippen LogP contribution in [0.3, 0.4) is 0 Å². The molecule has 1 aliphatic carbocycles. The predicted octanol–water partition coefficient (Wildman–Crippen LogP) is 3.66. The molecule has 118 valence electrons. The lowest BCUT2D eigenvalue weighted by molar-refractivity contribution is 0.102. The molecule has 7 heteroatoms. The van der Waals surface area contributed by atoms with E-state index in [0.29, 0.717) is 28.7 Å². The van der Waals surface area contributed by atoms with Gasteiger partial charge in [-0.25, -0.2) is 0 Å². The van der Waals surface area contributed by atoms with E-state index in [1.54, 1.807) is 11.8 Å². The number of rotatable bonds is 7. The predicted molar refractivity (Wildman–Crippen MR) is 88.7 cm³/mol. The first-order valence-corrected chi connectivity index (χ1v) is 9.64. The van der Waals surface area contributed by atoms with Crippen LogP contribution in [0.25, 0.3) is 0 Å². The van der Waals surface area contributed by atoms with Gasteiger partial charge in [0, 0.05) is 23.0 Å². The molecule has 0 N–H and O–H groups in total. The molecule has 2 aromatic rings. The summed E-state index contributed by atoms with van der Waals surface area (Å²) in [5.74, 6) is 1.75. The summed E-state index contributed by atoms with van der Waals surface area (Å²) in [7, 11) is 0. The summed E-state index contributed by atoms with van der Waals surface area (Å²) in [4.78, 5) is 12.5. The van der Waals surface area contributed by atoms with Crippen LogP contribution < -0.4 is 0 Å². The van der Waals surface area contributed by atoms with Gasteiger partial charge >= 0.3 is 0 Å². The van der Waals surface area contributed by atoms with Crippen LogP contribution >= 0.6 is 23.5 Å². The molecule has 5 nitrogen and oxygen atoms in total. The Morgan fingerprint density at radius 1 is 1.41 bits per heavy atom. The highest BCUT2D eigenvalue weighted by molar-refractivity contribution is 7.99. The minimum absolute atomic E-state index is 0.120. The van der Waals surface area contributed by atoms with Crippen LogP contribution in [0.2, 0.25) is 0 Å². The normalized spacial score (nSPS) is 14.5. The Morgan fingerprint density at radius 3 is 2.86 bits per heavy atom. The Hall–Kier alpha value is -1.21. The number of Topliss-reactive ketones (excluding diaryl/α,β-unsaturated/α-hetero) is 1. The van der Waals surface area contributed by atoms with Crippen LogP contribution in [-0.2, 0) is 5.75 Å². The van der Waals surface area contributed by atoms with Crippen molar-refractivity contribution in [2.24, 2.45) is 0 Å². The molecule has 1 fully saturated rings. The third-order valence-corrected chi connectivity index (χ3v) is 5.09. The Kier molecular flexibility index (Phi) is 4.63. The average Bonchev–Trinajstić information content (AvgIpc) is 3.14. The van der Waals surface area contributed by atoms with Crippen molar-refractivity contribution < 1.29 is 9.21 Å². The molecule has 0 aromatic carbocycles. The summed E-state index contributed by atoms with van der Waals surface area (Å²) in [6.45, 7) is 4.11. The molecular weight excluding hydrogens is 318 g/mol. The largest absolute Gasteiger partial charge is 0.415 e. The van der Waals surface area contributed by atoms with Crippen LogP contribution in [0.15, 0.2) is 15.7 Å². The fourth-order valence-electron chi connectivity index (χ4n) is 2.64. The van der Waals surface area contributed by atoms with Crippen LogP contribution in [-0.4, -0.2) is 32.6 Å². The number of thioether (sulfide) groups is 2. The van der Waals surface area contributed by atoms with Gasteiger partial charge < -0.3 is 8.98 Å². The minimum Gasteiger partial charge on any atom is -0.415 e. The monoisotopic (exact) mass is 337 g/mol. The second-order valence-electron chi connectivity index (χ2n) is 5.49. The maximum atomic E-state index is 12.5. The van der Waals surface area contributed by atoms with Crippen molar-refractivity contribution in [3.8, 4) is 0 Å².